The average Bonchev–Trinajstić information content (AvgIpc) is 2.78. The molecule has 1 aromatic rings. The molecule has 11 heteroatoms. The van der Waals surface area contributed by atoms with Crippen LogP contribution in [0.5, 0.6) is 0 Å². The third-order valence-electron chi connectivity index (χ3n) is 4.43. The van der Waals surface area contributed by atoms with Gasteiger partial charge in [0.25, 0.3) is 0 Å². The fourth-order valence-electron chi connectivity index (χ4n) is 2.76. The summed E-state index contributed by atoms with van der Waals surface area (Å²) in [6.07, 6.45) is 0.0948. The van der Waals surface area contributed by atoms with Crippen LogP contribution >= 0.6 is 0 Å². The lowest BCUT2D eigenvalue weighted by molar-refractivity contribution is -0.139. The molecule has 196 valence electrons. The highest BCUT2D eigenvalue weighted by Gasteiger charge is 2.20. The Labute approximate surface area is 205 Å². The number of carboxylic acids is 1. The Kier molecular flexibility index (Phi) is 13.8. The lowest BCUT2D eigenvalue weighted by atomic mass is 10.1. The first-order valence-corrected chi connectivity index (χ1v) is 11.6. The van der Waals surface area contributed by atoms with Crippen molar-refractivity contribution in [1.82, 2.24) is 16.0 Å². The highest BCUT2D eigenvalue weighted by atomic mass is 16.6. The number of hydrogen-bond donors (Lipinski definition) is 4. The Bertz CT molecular complexity index is 796. The van der Waals surface area contributed by atoms with Crippen molar-refractivity contribution in [2.45, 2.75) is 64.7 Å². The minimum atomic E-state index is -1.15. The van der Waals surface area contributed by atoms with Crippen LogP contribution in [-0.4, -0.2) is 67.1 Å². The topological polar surface area (TPSA) is 152 Å². The minimum Gasteiger partial charge on any atom is -0.480 e. The van der Waals surface area contributed by atoms with Crippen molar-refractivity contribution in [3.05, 3.63) is 35.9 Å². The number of nitrogens with one attached hydrogen (secondary N) is 3. The van der Waals surface area contributed by atoms with Gasteiger partial charge in [0, 0.05) is 19.5 Å². The number of rotatable bonds is 15. The molecule has 0 aliphatic rings. The molecule has 0 aliphatic heterocycles. The summed E-state index contributed by atoms with van der Waals surface area (Å²) in [6.45, 7) is 6.48. The molecule has 0 aromatic heterocycles. The number of amides is 3. The van der Waals surface area contributed by atoms with E-state index in [1.807, 2.05) is 18.2 Å². The number of carbonyl (C=O) groups excluding carboxylic acids is 3. The van der Waals surface area contributed by atoms with E-state index in [0.29, 0.717) is 19.4 Å². The number of unbranched alkanes of at least 4 members (excludes halogenated alkanes) is 1. The van der Waals surface area contributed by atoms with Crippen LogP contribution < -0.4 is 16.0 Å². The monoisotopic (exact) mass is 495 g/mol. The second-order valence-electron chi connectivity index (χ2n) is 8.73. The largest absolute Gasteiger partial charge is 0.480 e. The Morgan fingerprint density at radius 2 is 1.66 bits per heavy atom. The van der Waals surface area contributed by atoms with Gasteiger partial charge in [0.2, 0.25) is 5.91 Å². The minimum absolute atomic E-state index is 0.0506. The van der Waals surface area contributed by atoms with Gasteiger partial charge in [-0.1, -0.05) is 30.3 Å². The van der Waals surface area contributed by atoms with Gasteiger partial charge < -0.3 is 35.3 Å². The van der Waals surface area contributed by atoms with Gasteiger partial charge in [0.05, 0.1) is 13.2 Å². The molecule has 0 fully saturated rings. The summed E-state index contributed by atoms with van der Waals surface area (Å²) in [5.74, 6) is -1.34. The molecule has 0 saturated heterocycles. The van der Waals surface area contributed by atoms with Gasteiger partial charge in [-0.2, -0.15) is 0 Å². The van der Waals surface area contributed by atoms with Crippen molar-refractivity contribution in [3.8, 4) is 0 Å². The van der Waals surface area contributed by atoms with Crippen molar-refractivity contribution in [1.29, 1.82) is 0 Å². The molecular formula is C24H37N3O8. The molecule has 4 N–H and O–H groups in total. The van der Waals surface area contributed by atoms with Gasteiger partial charge in [-0.15, -0.1) is 0 Å². The number of aliphatic carboxylic acids is 1. The third kappa shape index (κ3) is 16.0. The van der Waals surface area contributed by atoms with Crippen LogP contribution in [0.2, 0.25) is 0 Å². The predicted octanol–water partition coefficient (Wildman–Crippen LogP) is 2.58. The van der Waals surface area contributed by atoms with E-state index in [9.17, 15) is 24.3 Å². The zero-order valence-electron chi connectivity index (χ0n) is 20.6. The Morgan fingerprint density at radius 1 is 0.943 bits per heavy atom. The van der Waals surface area contributed by atoms with E-state index < -0.39 is 29.8 Å². The maximum Gasteiger partial charge on any atom is 0.408 e. The maximum atomic E-state index is 11.9. The summed E-state index contributed by atoms with van der Waals surface area (Å²) in [5.41, 5.74) is 0.232. The first-order valence-electron chi connectivity index (χ1n) is 11.6. The van der Waals surface area contributed by atoms with Crippen LogP contribution in [0.1, 0.15) is 52.0 Å². The summed E-state index contributed by atoms with van der Waals surface area (Å²) in [5, 5.41) is 16.9. The number of alkyl carbamates (subject to hydrolysis) is 2. The van der Waals surface area contributed by atoms with Crippen LogP contribution in [0.4, 0.5) is 9.59 Å². The van der Waals surface area contributed by atoms with Gasteiger partial charge in [0.1, 0.15) is 18.2 Å². The molecule has 0 saturated carbocycles. The van der Waals surface area contributed by atoms with Crippen molar-refractivity contribution in [2.75, 3.05) is 26.3 Å². The first kappa shape index (κ1) is 29.7. The van der Waals surface area contributed by atoms with Gasteiger partial charge in [-0.05, 0) is 45.6 Å². The molecular weight excluding hydrogens is 458 g/mol. The molecule has 1 aromatic carbocycles. The first-order chi connectivity index (χ1) is 16.6. The normalized spacial score (nSPS) is 11.7. The summed E-state index contributed by atoms with van der Waals surface area (Å²) in [4.78, 5) is 46.6. The van der Waals surface area contributed by atoms with Gasteiger partial charge >= 0.3 is 18.2 Å². The lowest BCUT2D eigenvalue weighted by Crippen LogP contribution is -2.41. The van der Waals surface area contributed by atoms with Crippen LogP contribution in [-0.2, 0) is 30.4 Å². The molecule has 0 unspecified atom stereocenters. The van der Waals surface area contributed by atoms with Crippen LogP contribution in [0.25, 0.3) is 0 Å². The third-order valence-corrected chi connectivity index (χ3v) is 4.43. The molecule has 0 bridgehead atoms. The van der Waals surface area contributed by atoms with E-state index in [-0.39, 0.29) is 45.1 Å². The van der Waals surface area contributed by atoms with E-state index >= 15 is 0 Å². The summed E-state index contributed by atoms with van der Waals surface area (Å²) < 4.78 is 15.4. The molecule has 1 atom stereocenters. The molecule has 0 heterocycles. The molecule has 35 heavy (non-hydrogen) atoms. The van der Waals surface area contributed by atoms with Crippen LogP contribution in [0.3, 0.4) is 0 Å². The van der Waals surface area contributed by atoms with Crippen LogP contribution in [0.15, 0.2) is 30.3 Å². The zero-order valence-corrected chi connectivity index (χ0v) is 20.6. The lowest BCUT2D eigenvalue weighted by Gasteiger charge is -2.19. The number of benzene rings is 1. The predicted molar refractivity (Wildman–Crippen MR) is 128 cm³/mol. The fourth-order valence-corrected chi connectivity index (χ4v) is 2.76. The van der Waals surface area contributed by atoms with Crippen molar-refractivity contribution >= 4 is 24.1 Å². The maximum absolute atomic E-state index is 11.9. The van der Waals surface area contributed by atoms with Crippen molar-refractivity contribution < 1.29 is 38.5 Å². The molecule has 1 rings (SSSR count). The molecule has 3 amide bonds. The SMILES string of the molecule is CC(C)(C)OC(=O)NCCOCCC(=O)NCCCC[C@H](NC(=O)OCc1ccccc1)C(=O)O. The number of carbonyl (C=O) groups is 4. The average molecular weight is 496 g/mol. The van der Waals surface area contributed by atoms with E-state index in [0.717, 1.165) is 5.56 Å². The summed E-state index contributed by atoms with van der Waals surface area (Å²) >= 11 is 0. The van der Waals surface area contributed by atoms with Gasteiger partial charge in [-0.25, -0.2) is 14.4 Å². The number of carboxylic acid groups (broad SMARTS) is 1. The second-order valence-corrected chi connectivity index (χ2v) is 8.73. The standard InChI is InChI=1S/C24H37N3O8/c1-24(2,3)35-22(31)26-14-16-33-15-12-20(28)25-13-8-7-11-19(21(29)30)27-23(32)34-17-18-9-5-4-6-10-18/h4-6,9-10,19H,7-8,11-17H2,1-3H3,(H,25,28)(H,26,31)(H,27,32)(H,29,30)/t19-/m0/s1. The van der Waals surface area contributed by atoms with Gasteiger partial charge in [0.15, 0.2) is 0 Å². The smallest absolute Gasteiger partial charge is 0.408 e. The Hall–Kier alpha value is -3.34. The summed E-state index contributed by atoms with van der Waals surface area (Å²) in [7, 11) is 0. The van der Waals surface area contributed by atoms with Crippen molar-refractivity contribution in [3.63, 3.8) is 0 Å². The molecule has 0 spiro atoms. The molecule has 0 radical (unpaired) electrons. The van der Waals surface area contributed by atoms with Crippen molar-refractivity contribution in [2.24, 2.45) is 0 Å². The quantitative estimate of drug-likeness (QED) is 0.271. The molecule has 0 aliphatic carbocycles. The number of hydrogen-bond acceptors (Lipinski definition) is 7. The zero-order chi connectivity index (χ0) is 26.1. The second kappa shape index (κ2) is 16.3. The van der Waals surface area contributed by atoms with Gasteiger partial charge in [-0.3, -0.25) is 4.79 Å². The fraction of sp³-hybridized carbons (Fsp3) is 0.583. The van der Waals surface area contributed by atoms with Crippen LogP contribution in [0, 0.1) is 0 Å². The van der Waals surface area contributed by atoms with E-state index in [1.54, 1.807) is 32.9 Å². The summed E-state index contributed by atoms with van der Waals surface area (Å²) in [6, 6.07) is 7.99. The van der Waals surface area contributed by atoms with E-state index in [2.05, 4.69) is 16.0 Å². The Balaban J connectivity index is 2.08. The number of ether oxygens (including phenoxy) is 3. The van der Waals surface area contributed by atoms with E-state index in [1.165, 1.54) is 0 Å². The van der Waals surface area contributed by atoms with E-state index in [4.69, 9.17) is 14.2 Å². The highest BCUT2D eigenvalue weighted by molar-refractivity contribution is 5.79. The highest BCUT2D eigenvalue weighted by Crippen LogP contribution is 2.06. The Morgan fingerprint density at radius 3 is 2.31 bits per heavy atom. The molecule has 11 nitrogen and oxygen atoms in total.